The van der Waals surface area contributed by atoms with Crippen molar-refractivity contribution in [3.8, 4) is 5.75 Å². The summed E-state index contributed by atoms with van der Waals surface area (Å²) in [6.07, 6.45) is 6.75. The molecule has 2 fully saturated rings. The van der Waals surface area contributed by atoms with Gasteiger partial charge >= 0.3 is 0 Å². The highest BCUT2D eigenvalue weighted by molar-refractivity contribution is 7.14. The molecule has 1 aromatic carbocycles. The minimum Gasteiger partial charge on any atom is -0.489 e. The van der Waals surface area contributed by atoms with Crippen LogP contribution in [0, 0.1) is 5.95 Å². The molecule has 2 aliphatic rings. The number of pyridine rings is 1. The van der Waals surface area contributed by atoms with Crippen molar-refractivity contribution in [3.63, 3.8) is 0 Å². The van der Waals surface area contributed by atoms with Crippen molar-refractivity contribution < 1.29 is 18.7 Å². The maximum atomic E-state index is 13.5. The minimum atomic E-state index is -0.554. The Bertz CT molecular complexity index is 1620. The van der Waals surface area contributed by atoms with Crippen LogP contribution in [0.25, 0.3) is 0 Å². The van der Waals surface area contributed by atoms with E-state index in [0.717, 1.165) is 43.6 Å². The molecule has 3 aromatic heterocycles. The van der Waals surface area contributed by atoms with E-state index < -0.39 is 5.95 Å². The van der Waals surface area contributed by atoms with Gasteiger partial charge in [0, 0.05) is 69.4 Å². The summed E-state index contributed by atoms with van der Waals surface area (Å²) in [7, 11) is 0. The number of carbonyl (C=O) groups excluding carboxylic acids is 2. The highest BCUT2D eigenvalue weighted by atomic mass is 35.5. The first-order valence-electron chi connectivity index (χ1n) is 14.3. The van der Waals surface area contributed by atoms with Gasteiger partial charge in [-0.25, -0.2) is 9.97 Å². The zero-order chi connectivity index (χ0) is 29.9. The van der Waals surface area contributed by atoms with Crippen LogP contribution in [0.5, 0.6) is 5.75 Å². The number of likely N-dealkylation sites (tertiary alicyclic amines) is 1. The molecular formula is C31H32ClFN6O3S. The van der Waals surface area contributed by atoms with Crippen LogP contribution in [0.4, 0.5) is 15.2 Å². The summed E-state index contributed by atoms with van der Waals surface area (Å²) in [5.74, 6) is -0.0827. The number of hydrogen-bond donors (Lipinski definition) is 1. The molecule has 0 bridgehead atoms. The lowest BCUT2D eigenvalue weighted by atomic mass is 10.1. The fourth-order valence-corrected chi connectivity index (χ4v) is 6.74. The molecule has 0 saturated carbocycles. The van der Waals surface area contributed by atoms with Crippen LogP contribution in [0.1, 0.15) is 60.4 Å². The van der Waals surface area contributed by atoms with E-state index in [2.05, 4.69) is 15.2 Å². The Morgan fingerprint density at radius 2 is 1.98 bits per heavy atom. The number of hydrogen-bond acceptors (Lipinski definition) is 7. The molecule has 12 heteroatoms. The Balaban J connectivity index is 1.09. The van der Waals surface area contributed by atoms with E-state index in [1.54, 1.807) is 35.9 Å². The van der Waals surface area contributed by atoms with Crippen LogP contribution in [-0.4, -0.2) is 57.0 Å². The van der Waals surface area contributed by atoms with Crippen LogP contribution < -0.4 is 15.0 Å². The van der Waals surface area contributed by atoms with Gasteiger partial charge in [-0.05, 0) is 60.9 Å². The van der Waals surface area contributed by atoms with Gasteiger partial charge in [-0.1, -0.05) is 11.6 Å². The molecule has 1 atom stereocenters. The third-order valence-electron chi connectivity index (χ3n) is 7.97. The molecule has 5 heterocycles. The highest BCUT2D eigenvalue weighted by Crippen LogP contribution is 2.40. The van der Waals surface area contributed by atoms with E-state index in [1.165, 1.54) is 23.6 Å². The lowest BCUT2D eigenvalue weighted by Crippen LogP contribution is -2.40. The molecule has 224 valence electrons. The van der Waals surface area contributed by atoms with Gasteiger partial charge in [0.25, 0.3) is 5.91 Å². The number of anilines is 2. The van der Waals surface area contributed by atoms with Gasteiger partial charge in [0.15, 0.2) is 5.13 Å². The fraction of sp³-hybridized carbons (Fsp3) is 0.355. The molecule has 6 rings (SSSR count). The number of halogens is 2. The molecule has 4 aromatic rings. The second kappa shape index (κ2) is 12.7. The van der Waals surface area contributed by atoms with Crippen LogP contribution >= 0.6 is 22.9 Å². The average Bonchev–Trinajstić information content (AvgIpc) is 3.76. The number of nitrogens with zero attached hydrogens (tertiary/aromatic N) is 5. The largest absolute Gasteiger partial charge is 0.489 e. The van der Waals surface area contributed by atoms with Gasteiger partial charge in [-0.3, -0.25) is 14.9 Å². The number of piperidine rings is 1. The van der Waals surface area contributed by atoms with Crippen molar-refractivity contribution in [3.05, 3.63) is 88.2 Å². The Labute approximate surface area is 258 Å². The van der Waals surface area contributed by atoms with E-state index in [9.17, 15) is 14.0 Å². The molecule has 0 aliphatic carbocycles. The Morgan fingerprint density at radius 1 is 1.14 bits per heavy atom. The summed E-state index contributed by atoms with van der Waals surface area (Å²) >= 11 is 8.07. The van der Waals surface area contributed by atoms with Gasteiger partial charge in [0.2, 0.25) is 11.9 Å². The first-order valence-corrected chi connectivity index (χ1v) is 15.6. The topological polar surface area (TPSA) is 92.6 Å². The lowest BCUT2D eigenvalue weighted by molar-refractivity contribution is -0.130. The summed E-state index contributed by atoms with van der Waals surface area (Å²) in [4.78, 5) is 37.2. The number of amides is 2. The number of benzene rings is 1. The van der Waals surface area contributed by atoms with Crippen molar-refractivity contribution in [2.75, 3.05) is 29.9 Å². The maximum Gasteiger partial charge on any atom is 0.274 e. The molecule has 9 nitrogen and oxygen atoms in total. The van der Waals surface area contributed by atoms with Crippen molar-refractivity contribution in [1.82, 2.24) is 19.4 Å². The molecule has 2 aliphatic heterocycles. The van der Waals surface area contributed by atoms with Crippen molar-refractivity contribution in [2.45, 2.75) is 51.3 Å². The van der Waals surface area contributed by atoms with Gasteiger partial charge in [-0.2, -0.15) is 4.39 Å². The monoisotopic (exact) mass is 622 g/mol. The van der Waals surface area contributed by atoms with E-state index in [-0.39, 0.29) is 24.0 Å². The maximum absolute atomic E-state index is 13.5. The number of ether oxygens (including phenoxy) is 1. The zero-order valence-electron chi connectivity index (χ0n) is 23.7. The highest BCUT2D eigenvalue weighted by Gasteiger charge is 2.29. The summed E-state index contributed by atoms with van der Waals surface area (Å²) in [6.45, 7) is 4.20. The van der Waals surface area contributed by atoms with Gasteiger partial charge in [0.1, 0.15) is 17.5 Å². The zero-order valence-corrected chi connectivity index (χ0v) is 25.3. The van der Waals surface area contributed by atoms with E-state index in [0.29, 0.717) is 46.8 Å². The fourth-order valence-electron chi connectivity index (χ4n) is 5.77. The number of carbonyl (C=O) groups is 2. The van der Waals surface area contributed by atoms with Crippen molar-refractivity contribution in [1.29, 1.82) is 0 Å². The lowest BCUT2D eigenvalue weighted by Gasteiger charge is -2.32. The first-order chi connectivity index (χ1) is 20.8. The molecule has 2 saturated heterocycles. The number of nitrogens with one attached hydrogen (secondary N) is 1. The van der Waals surface area contributed by atoms with Gasteiger partial charge < -0.3 is 19.1 Å². The number of aromatic nitrogens is 3. The molecule has 2 amide bonds. The summed E-state index contributed by atoms with van der Waals surface area (Å²) in [6, 6.07) is 12.6. The smallest absolute Gasteiger partial charge is 0.274 e. The first kappa shape index (κ1) is 29.1. The third-order valence-corrected chi connectivity index (χ3v) is 9.04. The minimum absolute atomic E-state index is 0.0311. The van der Waals surface area contributed by atoms with Gasteiger partial charge in [0.05, 0.1) is 16.8 Å². The predicted molar refractivity (Wildman–Crippen MR) is 164 cm³/mol. The Kier molecular flexibility index (Phi) is 8.62. The van der Waals surface area contributed by atoms with E-state index >= 15 is 0 Å². The average molecular weight is 623 g/mol. The second-order valence-electron chi connectivity index (χ2n) is 10.8. The molecule has 1 N–H and O–H groups in total. The predicted octanol–water partition coefficient (Wildman–Crippen LogP) is 6.16. The second-order valence-corrected chi connectivity index (χ2v) is 12.1. The Morgan fingerprint density at radius 3 is 2.74 bits per heavy atom. The Hall–Kier alpha value is -3.96. The molecule has 0 radical (unpaired) electrons. The van der Waals surface area contributed by atoms with Crippen LogP contribution in [0.2, 0.25) is 5.02 Å². The summed E-state index contributed by atoms with van der Waals surface area (Å²) in [5.41, 5.74) is 3.06. The molecule has 0 spiro atoms. The summed E-state index contributed by atoms with van der Waals surface area (Å²) < 4.78 is 21.5. The molecule has 0 unspecified atom stereocenters. The molecule has 43 heavy (non-hydrogen) atoms. The standard InChI is InChI=1S/C31H32ClFN6O3S/c1-20(40)37-14-9-23(10-15-37)42-28-7-6-22(17-24(28)32)39-13-3-4-26(39)25-19-43-31(35-25)36-30(41)27-5-2-12-38(27)18-21-8-11-34-29(33)16-21/h2,5-8,11-12,16-17,19,23,26H,3-4,9-10,13-15,18H2,1H3,(H,35,36,41)/t26-/m1/s1. The van der Waals surface area contributed by atoms with Crippen LogP contribution in [0.3, 0.4) is 0 Å². The number of thiazole rings is 1. The van der Waals surface area contributed by atoms with Crippen LogP contribution in [0.15, 0.2) is 60.2 Å². The van der Waals surface area contributed by atoms with E-state index in [4.69, 9.17) is 21.3 Å². The van der Waals surface area contributed by atoms with E-state index in [1.807, 2.05) is 28.5 Å². The van der Waals surface area contributed by atoms with Gasteiger partial charge in [-0.15, -0.1) is 11.3 Å². The quantitative estimate of drug-likeness (QED) is 0.237. The summed E-state index contributed by atoms with van der Waals surface area (Å²) in [5, 5.41) is 5.99. The van der Waals surface area contributed by atoms with Crippen molar-refractivity contribution in [2.24, 2.45) is 0 Å². The normalized spacial score (nSPS) is 17.3. The SMILES string of the molecule is CC(=O)N1CCC(Oc2ccc(N3CCC[C@@H]3c3csc(NC(=O)c4cccn4Cc4ccnc(F)c4)n3)cc2Cl)CC1. The third kappa shape index (κ3) is 6.67. The van der Waals surface area contributed by atoms with Crippen LogP contribution in [-0.2, 0) is 11.3 Å². The number of rotatable bonds is 8. The van der Waals surface area contributed by atoms with Crippen molar-refractivity contribution >= 4 is 45.6 Å². The molecular weight excluding hydrogens is 591 g/mol.